The Morgan fingerprint density at radius 2 is 1.57 bits per heavy atom. The predicted molar refractivity (Wildman–Crippen MR) is 108 cm³/mol. The Morgan fingerprint density at radius 1 is 0.971 bits per heavy atom. The molecule has 1 aliphatic heterocycles. The zero-order valence-corrected chi connectivity index (χ0v) is 18.3. The number of amides is 1. The maximum Gasteiger partial charge on any atom is 0.416 e. The van der Waals surface area contributed by atoms with Gasteiger partial charge in [0.05, 0.1) is 11.1 Å². The first-order chi connectivity index (χ1) is 16.3. The average Bonchev–Trinajstić information content (AvgIpc) is 3.26. The van der Waals surface area contributed by atoms with Gasteiger partial charge in [0.25, 0.3) is 0 Å². The van der Waals surface area contributed by atoms with Crippen LogP contribution in [-0.4, -0.2) is 42.0 Å². The summed E-state index contributed by atoms with van der Waals surface area (Å²) in [5.41, 5.74) is -3.49. The molecule has 2 heterocycles. The van der Waals surface area contributed by atoms with E-state index < -0.39 is 51.0 Å². The number of aromatic nitrogens is 2. The summed E-state index contributed by atoms with van der Waals surface area (Å²) in [6.07, 6.45) is -10.1. The van der Waals surface area contributed by atoms with E-state index in [1.807, 2.05) is 0 Å². The van der Waals surface area contributed by atoms with Crippen molar-refractivity contribution in [2.24, 2.45) is 5.92 Å². The van der Waals surface area contributed by atoms with Crippen molar-refractivity contribution in [1.82, 2.24) is 14.6 Å². The SMILES string of the molecule is O=C(Nc1cc(C(F)(F)F)cc(C(F)(F)F)c1)C1CCN(S(=O)(=O)c2cccc3nonc23)CC1. The van der Waals surface area contributed by atoms with Crippen molar-refractivity contribution < 1.29 is 44.2 Å². The summed E-state index contributed by atoms with van der Waals surface area (Å²) in [4.78, 5) is 12.4. The van der Waals surface area contributed by atoms with E-state index in [9.17, 15) is 39.6 Å². The van der Waals surface area contributed by atoms with Crippen LogP contribution < -0.4 is 5.32 Å². The molecular weight excluding hydrogens is 506 g/mol. The Bertz CT molecular complexity index is 1330. The van der Waals surface area contributed by atoms with Gasteiger partial charge in [0.1, 0.15) is 10.4 Å². The number of sulfonamides is 1. The summed E-state index contributed by atoms with van der Waals surface area (Å²) in [7, 11) is -4.02. The van der Waals surface area contributed by atoms with Gasteiger partial charge in [0.15, 0.2) is 5.52 Å². The zero-order valence-electron chi connectivity index (χ0n) is 17.5. The second-order valence-electron chi connectivity index (χ2n) is 7.85. The molecule has 35 heavy (non-hydrogen) atoms. The third kappa shape index (κ3) is 5.10. The molecule has 1 N–H and O–H groups in total. The van der Waals surface area contributed by atoms with Crippen LogP contribution >= 0.6 is 0 Å². The minimum absolute atomic E-state index is 0.00317. The maximum atomic E-state index is 13.0. The second-order valence-corrected chi connectivity index (χ2v) is 9.76. The van der Waals surface area contributed by atoms with E-state index in [1.165, 1.54) is 18.2 Å². The van der Waals surface area contributed by atoms with Crippen molar-refractivity contribution >= 4 is 32.7 Å². The van der Waals surface area contributed by atoms with Gasteiger partial charge in [-0.15, -0.1) is 0 Å². The number of hydrogen-bond donors (Lipinski definition) is 1. The fourth-order valence-corrected chi connectivity index (χ4v) is 5.36. The van der Waals surface area contributed by atoms with Crippen molar-refractivity contribution in [3.63, 3.8) is 0 Å². The lowest BCUT2D eigenvalue weighted by Gasteiger charge is -2.30. The first-order valence-electron chi connectivity index (χ1n) is 10.1. The van der Waals surface area contributed by atoms with Crippen molar-refractivity contribution in [3.05, 3.63) is 47.5 Å². The smallest absolute Gasteiger partial charge is 0.326 e. The number of fused-ring (bicyclic) bond motifs is 1. The summed E-state index contributed by atoms with van der Waals surface area (Å²) in [5, 5.41) is 9.30. The molecule has 0 saturated carbocycles. The number of benzene rings is 2. The molecule has 15 heteroatoms. The van der Waals surface area contributed by atoms with E-state index in [0.29, 0.717) is 12.1 Å². The number of carbonyl (C=O) groups excluding carboxylic acids is 1. The standard InChI is InChI=1S/C20H16F6N4O4S/c21-19(22,23)12-8-13(20(24,25)26)10-14(9-12)27-18(31)11-4-6-30(7-5-11)35(32,33)16-3-1-2-15-17(16)29-34-28-15/h1-3,8-11H,4-7H2,(H,27,31). The lowest BCUT2D eigenvalue weighted by Crippen LogP contribution is -2.41. The van der Waals surface area contributed by atoms with E-state index in [2.05, 4.69) is 20.3 Å². The molecule has 1 fully saturated rings. The van der Waals surface area contributed by atoms with E-state index >= 15 is 0 Å². The Labute approximate surface area is 193 Å². The second kappa shape index (κ2) is 8.78. The highest BCUT2D eigenvalue weighted by Gasteiger charge is 2.38. The van der Waals surface area contributed by atoms with Crippen molar-refractivity contribution in [1.29, 1.82) is 0 Å². The number of carbonyl (C=O) groups is 1. The number of hydrogen-bond acceptors (Lipinski definition) is 6. The number of anilines is 1. The molecule has 3 aromatic rings. The molecule has 1 saturated heterocycles. The van der Waals surface area contributed by atoms with Crippen LogP contribution in [0, 0.1) is 5.92 Å². The van der Waals surface area contributed by atoms with Gasteiger partial charge in [-0.2, -0.15) is 30.6 Å². The molecule has 0 unspecified atom stereocenters. The van der Waals surface area contributed by atoms with Crippen LogP contribution in [0.4, 0.5) is 32.0 Å². The molecule has 4 rings (SSSR count). The van der Waals surface area contributed by atoms with Crippen LogP contribution in [0.5, 0.6) is 0 Å². The molecule has 1 aliphatic rings. The molecule has 2 aromatic carbocycles. The molecule has 0 radical (unpaired) electrons. The Balaban J connectivity index is 1.48. The van der Waals surface area contributed by atoms with Crippen molar-refractivity contribution in [3.8, 4) is 0 Å². The number of nitrogens with one attached hydrogen (secondary N) is 1. The monoisotopic (exact) mass is 522 g/mol. The summed E-state index contributed by atoms with van der Waals surface area (Å²) in [6, 6.07) is 5.10. The van der Waals surface area contributed by atoms with E-state index in [-0.39, 0.29) is 47.9 Å². The largest absolute Gasteiger partial charge is 0.416 e. The minimum atomic E-state index is -5.05. The van der Waals surface area contributed by atoms with Gasteiger partial charge >= 0.3 is 12.4 Å². The molecule has 1 amide bonds. The van der Waals surface area contributed by atoms with Gasteiger partial charge in [-0.05, 0) is 53.5 Å². The first-order valence-corrected chi connectivity index (χ1v) is 11.5. The maximum absolute atomic E-state index is 13.0. The van der Waals surface area contributed by atoms with Crippen LogP contribution in [0.25, 0.3) is 11.0 Å². The Morgan fingerprint density at radius 3 is 2.14 bits per heavy atom. The minimum Gasteiger partial charge on any atom is -0.326 e. The van der Waals surface area contributed by atoms with Gasteiger partial charge in [-0.1, -0.05) is 6.07 Å². The average molecular weight is 522 g/mol. The summed E-state index contributed by atoms with van der Waals surface area (Å²) in [6.45, 7) is -0.197. The van der Waals surface area contributed by atoms with Crippen LogP contribution in [0.15, 0.2) is 45.9 Å². The third-order valence-electron chi connectivity index (χ3n) is 5.55. The normalized spacial score (nSPS) is 16.5. The van der Waals surface area contributed by atoms with E-state index in [1.54, 1.807) is 0 Å². The van der Waals surface area contributed by atoms with E-state index in [0.717, 1.165) is 4.31 Å². The van der Waals surface area contributed by atoms with Crippen molar-refractivity contribution in [2.45, 2.75) is 30.1 Å². The van der Waals surface area contributed by atoms with Gasteiger partial charge < -0.3 is 5.32 Å². The van der Waals surface area contributed by atoms with Crippen LogP contribution in [0.2, 0.25) is 0 Å². The number of alkyl halides is 6. The number of halogens is 6. The summed E-state index contributed by atoms with van der Waals surface area (Å²) in [5.74, 6) is -1.63. The molecule has 0 atom stereocenters. The molecule has 0 aliphatic carbocycles. The molecule has 0 spiro atoms. The van der Waals surface area contributed by atoms with Crippen molar-refractivity contribution in [2.75, 3.05) is 18.4 Å². The quantitative estimate of drug-likeness (QED) is 0.513. The third-order valence-corrected chi connectivity index (χ3v) is 7.48. The number of rotatable bonds is 4. The van der Waals surface area contributed by atoms with Crippen LogP contribution in [0.3, 0.4) is 0 Å². The predicted octanol–water partition coefficient (Wildman–Crippen LogP) is 4.30. The summed E-state index contributed by atoms with van der Waals surface area (Å²) < 4.78 is 110. The lowest BCUT2D eigenvalue weighted by atomic mass is 9.97. The Hall–Kier alpha value is -3.20. The molecule has 1 aromatic heterocycles. The molecule has 188 valence electrons. The van der Waals surface area contributed by atoms with Gasteiger partial charge in [0, 0.05) is 24.7 Å². The van der Waals surface area contributed by atoms with Gasteiger partial charge in [-0.3, -0.25) is 4.79 Å². The van der Waals surface area contributed by atoms with Crippen LogP contribution in [-0.2, 0) is 27.2 Å². The first kappa shape index (κ1) is 24.9. The highest BCUT2D eigenvalue weighted by Crippen LogP contribution is 2.38. The lowest BCUT2D eigenvalue weighted by molar-refractivity contribution is -0.143. The van der Waals surface area contributed by atoms with Gasteiger partial charge in [0.2, 0.25) is 15.9 Å². The van der Waals surface area contributed by atoms with E-state index in [4.69, 9.17) is 0 Å². The highest BCUT2D eigenvalue weighted by molar-refractivity contribution is 7.89. The van der Waals surface area contributed by atoms with Crippen LogP contribution in [0.1, 0.15) is 24.0 Å². The zero-order chi connectivity index (χ0) is 25.6. The molecule has 8 nitrogen and oxygen atoms in total. The topological polar surface area (TPSA) is 105 Å². The summed E-state index contributed by atoms with van der Waals surface area (Å²) >= 11 is 0. The fourth-order valence-electron chi connectivity index (χ4n) is 3.76. The molecular formula is C20H16F6N4O4S. The highest BCUT2D eigenvalue weighted by atomic mass is 32.2. The Kier molecular flexibility index (Phi) is 6.25. The number of piperidine rings is 1. The molecule has 0 bridgehead atoms. The number of nitrogens with zero attached hydrogens (tertiary/aromatic N) is 3. The van der Waals surface area contributed by atoms with Gasteiger partial charge in [-0.25, -0.2) is 13.0 Å². The fraction of sp³-hybridized carbons (Fsp3) is 0.350.